The number of hydrogen-bond donors (Lipinski definition) is 2. The number of amides is 2. The largest absolute Gasteiger partial charge is 0.325 e. The minimum atomic E-state index is -0.174. The Bertz CT molecular complexity index is 718. The molecule has 2 aromatic rings. The van der Waals surface area contributed by atoms with E-state index in [9.17, 15) is 9.59 Å². The molecule has 134 valence electrons. The number of carbonyl (C=O) groups excluding carboxylic acids is 2. The Hall–Kier alpha value is -1.93. The maximum Gasteiger partial charge on any atom is 0.236 e. The molecule has 2 amide bonds. The Morgan fingerprint density at radius 3 is 2.64 bits per heavy atom. The van der Waals surface area contributed by atoms with Gasteiger partial charge in [-0.15, -0.1) is 22.0 Å². The first-order valence-corrected chi connectivity index (χ1v) is 10.1. The van der Waals surface area contributed by atoms with Gasteiger partial charge in [0.25, 0.3) is 0 Å². The van der Waals surface area contributed by atoms with E-state index in [0.717, 1.165) is 35.5 Å². The van der Waals surface area contributed by atoms with Gasteiger partial charge in [-0.05, 0) is 31.0 Å². The van der Waals surface area contributed by atoms with E-state index >= 15 is 0 Å². The van der Waals surface area contributed by atoms with Crippen LogP contribution in [0.4, 0.5) is 10.8 Å². The number of thioether (sulfide) groups is 1. The molecule has 8 heteroatoms. The van der Waals surface area contributed by atoms with Crippen LogP contribution in [0.5, 0.6) is 0 Å². The number of aromatic nitrogens is 2. The van der Waals surface area contributed by atoms with Crippen LogP contribution in [0.3, 0.4) is 0 Å². The average Bonchev–Trinajstić information content (AvgIpc) is 3.00. The van der Waals surface area contributed by atoms with Crippen molar-refractivity contribution in [1.82, 2.24) is 10.2 Å². The van der Waals surface area contributed by atoms with Gasteiger partial charge in [0.2, 0.25) is 16.9 Å². The zero-order valence-electron chi connectivity index (χ0n) is 14.4. The Labute approximate surface area is 155 Å². The van der Waals surface area contributed by atoms with Crippen molar-refractivity contribution in [2.45, 2.75) is 33.1 Å². The summed E-state index contributed by atoms with van der Waals surface area (Å²) in [6.45, 7) is 4.09. The Balaban J connectivity index is 1.67. The van der Waals surface area contributed by atoms with E-state index < -0.39 is 0 Å². The topological polar surface area (TPSA) is 84.0 Å². The van der Waals surface area contributed by atoms with Crippen molar-refractivity contribution in [2.75, 3.05) is 22.1 Å². The molecule has 1 aromatic carbocycles. The van der Waals surface area contributed by atoms with E-state index in [1.54, 1.807) is 0 Å². The lowest BCUT2D eigenvalue weighted by atomic mass is 10.2. The van der Waals surface area contributed by atoms with Gasteiger partial charge in [-0.1, -0.05) is 36.8 Å². The van der Waals surface area contributed by atoms with Crippen molar-refractivity contribution in [3.05, 3.63) is 34.8 Å². The molecule has 0 aliphatic carbocycles. The van der Waals surface area contributed by atoms with Crippen molar-refractivity contribution in [3.63, 3.8) is 0 Å². The van der Waals surface area contributed by atoms with Gasteiger partial charge in [0.05, 0.1) is 11.5 Å². The molecule has 0 fully saturated rings. The van der Waals surface area contributed by atoms with E-state index in [1.807, 2.05) is 31.2 Å². The summed E-state index contributed by atoms with van der Waals surface area (Å²) < 4.78 is 0. The van der Waals surface area contributed by atoms with Crippen LogP contribution in [-0.4, -0.2) is 33.5 Å². The van der Waals surface area contributed by atoms with Gasteiger partial charge in [0, 0.05) is 12.1 Å². The van der Waals surface area contributed by atoms with Crippen molar-refractivity contribution >= 4 is 45.7 Å². The number of unbranched alkanes of at least 4 members (excludes halogenated alkanes) is 1. The van der Waals surface area contributed by atoms with Crippen LogP contribution in [-0.2, 0) is 16.0 Å². The van der Waals surface area contributed by atoms with E-state index in [2.05, 4.69) is 27.8 Å². The molecule has 0 spiro atoms. The lowest BCUT2D eigenvalue weighted by Crippen LogP contribution is -2.18. The molecule has 1 heterocycles. The lowest BCUT2D eigenvalue weighted by molar-refractivity contribution is -0.114. The third kappa shape index (κ3) is 7.23. The highest BCUT2D eigenvalue weighted by atomic mass is 32.2. The molecule has 0 saturated carbocycles. The van der Waals surface area contributed by atoms with E-state index in [-0.39, 0.29) is 23.3 Å². The van der Waals surface area contributed by atoms with Crippen LogP contribution >= 0.6 is 23.1 Å². The molecule has 1 aromatic heterocycles. The summed E-state index contributed by atoms with van der Waals surface area (Å²) in [5.74, 6) is 0.123. The SMILES string of the molecule is CCCCc1nnc(NC(=O)CSCC(=O)Nc2cccc(C)c2)s1. The summed E-state index contributed by atoms with van der Waals surface area (Å²) in [5, 5.41) is 15.0. The number of aryl methyl sites for hydroxylation is 2. The Morgan fingerprint density at radius 2 is 1.92 bits per heavy atom. The number of nitrogens with zero attached hydrogens (tertiary/aromatic N) is 2. The molecular formula is C17H22N4O2S2. The Morgan fingerprint density at radius 1 is 1.16 bits per heavy atom. The van der Waals surface area contributed by atoms with Gasteiger partial charge in [0.1, 0.15) is 5.01 Å². The number of nitrogens with one attached hydrogen (secondary N) is 2. The standard InChI is InChI=1S/C17H22N4O2S2/c1-3-4-8-16-20-21-17(25-16)19-15(23)11-24-10-14(22)18-13-7-5-6-12(2)9-13/h5-7,9H,3-4,8,10-11H2,1-2H3,(H,18,22)(H,19,21,23). The van der Waals surface area contributed by atoms with E-state index in [1.165, 1.54) is 23.1 Å². The number of anilines is 2. The summed E-state index contributed by atoms with van der Waals surface area (Å²) in [6.07, 6.45) is 3.05. The summed E-state index contributed by atoms with van der Waals surface area (Å²) in [6, 6.07) is 7.60. The number of hydrogen-bond acceptors (Lipinski definition) is 6. The molecular weight excluding hydrogens is 356 g/mol. The Kier molecular flexibility index (Phi) is 7.87. The summed E-state index contributed by atoms with van der Waals surface area (Å²) >= 11 is 2.67. The fourth-order valence-electron chi connectivity index (χ4n) is 2.04. The van der Waals surface area contributed by atoms with E-state index in [0.29, 0.717) is 5.13 Å². The fourth-order valence-corrected chi connectivity index (χ4v) is 3.46. The molecule has 0 bridgehead atoms. The second kappa shape index (κ2) is 10.1. The molecule has 25 heavy (non-hydrogen) atoms. The molecule has 0 aliphatic heterocycles. The highest BCUT2D eigenvalue weighted by Crippen LogP contribution is 2.17. The summed E-state index contributed by atoms with van der Waals surface area (Å²) in [5.41, 5.74) is 1.85. The molecule has 6 nitrogen and oxygen atoms in total. The first-order chi connectivity index (χ1) is 12.1. The van der Waals surface area contributed by atoms with Crippen LogP contribution in [0.1, 0.15) is 30.3 Å². The van der Waals surface area contributed by atoms with Gasteiger partial charge < -0.3 is 5.32 Å². The van der Waals surface area contributed by atoms with Crippen molar-refractivity contribution < 1.29 is 9.59 Å². The lowest BCUT2D eigenvalue weighted by Gasteiger charge is -2.05. The zero-order chi connectivity index (χ0) is 18.1. The predicted molar refractivity (Wildman–Crippen MR) is 104 cm³/mol. The maximum absolute atomic E-state index is 11.9. The minimum absolute atomic E-state index is 0.124. The minimum Gasteiger partial charge on any atom is -0.325 e. The first kappa shape index (κ1) is 19.4. The second-order valence-electron chi connectivity index (χ2n) is 5.56. The van der Waals surface area contributed by atoms with Crippen molar-refractivity contribution in [3.8, 4) is 0 Å². The highest BCUT2D eigenvalue weighted by molar-refractivity contribution is 8.00. The van der Waals surface area contributed by atoms with Crippen LogP contribution in [0.15, 0.2) is 24.3 Å². The van der Waals surface area contributed by atoms with Crippen LogP contribution in [0.25, 0.3) is 0 Å². The van der Waals surface area contributed by atoms with Crippen molar-refractivity contribution in [1.29, 1.82) is 0 Å². The normalized spacial score (nSPS) is 10.5. The van der Waals surface area contributed by atoms with Crippen LogP contribution < -0.4 is 10.6 Å². The van der Waals surface area contributed by atoms with Crippen molar-refractivity contribution in [2.24, 2.45) is 0 Å². The average molecular weight is 379 g/mol. The van der Waals surface area contributed by atoms with Crippen LogP contribution in [0.2, 0.25) is 0 Å². The second-order valence-corrected chi connectivity index (χ2v) is 7.61. The number of carbonyl (C=O) groups is 2. The van der Waals surface area contributed by atoms with Gasteiger partial charge in [-0.3, -0.25) is 14.9 Å². The number of benzene rings is 1. The number of rotatable bonds is 9. The predicted octanol–water partition coefficient (Wildman–Crippen LogP) is 3.50. The summed E-state index contributed by atoms with van der Waals surface area (Å²) in [4.78, 5) is 23.8. The van der Waals surface area contributed by atoms with Gasteiger partial charge in [-0.25, -0.2) is 0 Å². The molecule has 0 aliphatic rings. The smallest absolute Gasteiger partial charge is 0.236 e. The molecule has 0 atom stereocenters. The summed E-state index contributed by atoms with van der Waals surface area (Å²) in [7, 11) is 0. The van der Waals surface area contributed by atoms with Crippen LogP contribution in [0, 0.1) is 6.92 Å². The fraction of sp³-hybridized carbons (Fsp3) is 0.412. The maximum atomic E-state index is 11.9. The third-order valence-corrected chi connectivity index (χ3v) is 5.06. The molecule has 2 N–H and O–H groups in total. The monoisotopic (exact) mass is 378 g/mol. The molecule has 0 saturated heterocycles. The van der Waals surface area contributed by atoms with Gasteiger partial charge >= 0.3 is 0 Å². The van der Waals surface area contributed by atoms with E-state index in [4.69, 9.17) is 0 Å². The highest BCUT2D eigenvalue weighted by Gasteiger charge is 2.10. The zero-order valence-corrected chi connectivity index (χ0v) is 16.0. The van der Waals surface area contributed by atoms with Gasteiger partial charge in [0.15, 0.2) is 0 Å². The first-order valence-electron chi connectivity index (χ1n) is 8.13. The third-order valence-electron chi connectivity index (χ3n) is 3.23. The quantitative estimate of drug-likeness (QED) is 0.698. The molecule has 2 rings (SSSR count). The molecule has 0 unspecified atom stereocenters. The van der Waals surface area contributed by atoms with Gasteiger partial charge in [-0.2, -0.15) is 0 Å². The molecule has 0 radical (unpaired) electrons.